The van der Waals surface area contributed by atoms with Crippen molar-refractivity contribution < 1.29 is 14.3 Å². The molecule has 0 aliphatic carbocycles. The fraction of sp³-hybridized carbons (Fsp3) is 0. The summed E-state index contributed by atoms with van der Waals surface area (Å²) in [5.74, 6) is -1.63. The second kappa shape index (κ2) is 5.11. The van der Waals surface area contributed by atoms with Gasteiger partial charge in [0.05, 0.1) is 16.9 Å². The average molecular weight is 282 g/mol. The third kappa shape index (κ3) is 2.92. The molecule has 2 rings (SSSR count). The van der Waals surface area contributed by atoms with Crippen LogP contribution in [0.25, 0.3) is 0 Å². The molecular weight excluding hydrogens is 273 g/mol. The van der Waals surface area contributed by atoms with Crippen molar-refractivity contribution in [1.29, 1.82) is 0 Å². The number of halogens is 2. The first-order valence-corrected chi connectivity index (χ1v) is 5.56. The Morgan fingerprint density at radius 2 is 2.16 bits per heavy atom. The Labute approximate surface area is 112 Å². The highest BCUT2D eigenvalue weighted by atomic mass is 35.5. The van der Waals surface area contributed by atoms with Crippen LogP contribution in [-0.2, 0) is 0 Å². The van der Waals surface area contributed by atoms with Gasteiger partial charge < -0.3 is 16.2 Å². The summed E-state index contributed by atoms with van der Waals surface area (Å²) in [6, 6.07) is 5.21. The van der Waals surface area contributed by atoms with Crippen LogP contribution in [0, 0.1) is 5.82 Å². The van der Waals surface area contributed by atoms with Crippen LogP contribution in [0.1, 0.15) is 10.4 Å². The topological polar surface area (TPSA) is 88.2 Å². The van der Waals surface area contributed by atoms with Crippen LogP contribution in [0.15, 0.2) is 30.5 Å². The van der Waals surface area contributed by atoms with E-state index in [0.29, 0.717) is 5.69 Å². The molecule has 0 saturated heterocycles. The number of anilines is 3. The Balaban J connectivity index is 2.37. The van der Waals surface area contributed by atoms with E-state index in [1.807, 2.05) is 0 Å². The summed E-state index contributed by atoms with van der Waals surface area (Å²) in [5.41, 5.74) is 6.05. The minimum atomic E-state index is -1.17. The molecule has 5 nitrogen and oxygen atoms in total. The van der Waals surface area contributed by atoms with E-state index in [9.17, 15) is 9.18 Å². The predicted molar refractivity (Wildman–Crippen MR) is 70.3 cm³/mol. The van der Waals surface area contributed by atoms with Crippen LogP contribution in [0.4, 0.5) is 21.6 Å². The SMILES string of the molecule is Nc1cnc(Nc2ccc(F)c(Cl)c2)c(C(=O)O)c1. The van der Waals surface area contributed by atoms with Gasteiger partial charge in [0.1, 0.15) is 17.2 Å². The van der Waals surface area contributed by atoms with Crippen molar-refractivity contribution in [3.63, 3.8) is 0 Å². The van der Waals surface area contributed by atoms with Crippen molar-refractivity contribution in [2.45, 2.75) is 0 Å². The van der Waals surface area contributed by atoms with Gasteiger partial charge in [-0.15, -0.1) is 0 Å². The van der Waals surface area contributed by atoms with Gasteiger partial charge in [0.25, 0.3) is 0 Å². The molecule has 0 amide bonds. The van der Waals surface area contributed by atoms with Gasteiger partial charge in [-0.2, -0.15) is 0 Å². The van der Waals surface area contributed by atoms with Crippen molar-refractivity contribution in [2.24, 2.45) is 0 Å². The normalized spacial score (nSPS) is 10.2. The molecule has 0 saturated carbocycles. The molecule has 0 aliphatic heterocycles. The second-order valence-electron chi connectivity index (χ2n) is 3.72. The molecular formula is C12H9ClFN3O2. The first kappa shape index (κ1) is 13.1. The largest absolute Gasteiger partial charge is 0.478 e. The summed E-state index contributed by atoms with van der Waals surface area (Å²) >= 11 is 5.64. The Hall–Kier alpha value is -2.34. The van der Waals surface area contributed by atoms with Gasteiger partial charge in [0.15, 0.2) is 0 Å². The van der Waals surface area contributed by atoms with Crippen LogP contribution in [0.5, 0.6) is 0 Å². The predicted octanol–water partition coefficient (Wildman–Crippen LogP) is 2.90. The number of nitrogens with zero attached hydrogens (tertiary/aromatic N) is 1. The number of nitrogens with two attached hydrogens (primary N) is 1. The zero-order chi connectivity index (χ0) is 14.0. The Morgan fingerprint density at radius 3 is 2.79 bits per heavy atom. The maximum Gasteiger partial charge on any atom is 0.339 e. The molecule has 4 N–H and O–H groups in total. The first-order valence-electron chi connectivity index (χ1n) is 5.18. The molecule has 0 fully saturated rings. The summed E-state index contributed by atoms with van der Waals surface area (Å²) in [4.78, 5) is 15.0. The van der Waals surface area contributed by atoms with Gasteiger partial charge in [0.2, 0.25) is 0 Å². The lowest BCUT2D eigenvalue weighted by atomic mass is 10.2. The molecule has 19 heavy (non-hydrogen) atoms. The molecule has 98 valence electrons. The Kier molecular flexibility index (Phi) is 3.52. The van der Waals surface area contributed by atoms with E-state index < -0.39 is 11.8 Å². The van der Waals surface area contributed by atoms with Gasteiger partial charge in [-0.25, -0.2) is 14.2 Å². The third-order valence-corrected chi connectivity index (χ3v) is 2.61. The quantitative estimate of drug-likeness (QED) is 0.805. The molecule has 0 unspecified atom stereocenters. The minimum absolute atomic E-state index is 0.0719. The lowest BCUT2D eigenvalue weighted by molar-refractivity contribution is 0.0697. The van der Waals surface area contributed by atoms with Gasteiger partial charge in [-0.1, -0.05) is 11.6 Å². The lowest BCUT2D eigenvalue weighted by Gasteiger charge is -2.09. The standard InChI is InChI=1S/C12H9ClFN3O2/c13-9-4-7(1-2-10(9)14)17-11-8(12(18)19)3-6(15)5-16-11/h1-5H,15H2,(H,16,17)(H,18,19). The number of pyridine rings is 1. The lowest BCUT2D eigenvalue weighted by Crippen LogP contribution is -2.06. The van der Waals surface area contributed by atoms with E-state index in [1.165, 1.54) is 30.5 Å². The number of aromatic nitrogens is 1. The number of nitrogens with one attached hydrogen (secondary N) is 1. The maximum absolute atomic E-state index is 13.0. The van der Waals surface area contributed by atoms with Gasteiger partial charge in [0, 0.05) is 5.69 Å². The average Bonchev–Trinajstić information content (AvgIpc) is 2.36. The molecule has 0 bridgehead atoms. The number of aromatic carboxylic acids is 1. The molecule has 1 heterocycles. The minimum Gasteiger partial charge on any atom is -0.478 e. The Morgan fingerprint density at radius 1 is 1.42 bits per heavy atom. The summed E-state index contributed by atoms with van der Waals surface area (Å²) in [7, 11) is 0. The number of carboxylic acid groups (broad SMARTS) is 1. The van der Waals surface area contributed by atoms with E-state index in [-0.39, 0.29) is 22.1 Å². The van der Waals surface area contributed by atoms with Crippen LogP contribution in [-0.4, -0.2) is 16.1 Å². The van der Waals surface area contributed by atoms with E-state index in [2.05, 4.69) is 10.3 Å². The molecule has 0 radical (unpaired) electrons. The van der Waals surface area contributed by atoms with Crippen molar-refractivity contribution in [2.75, 3.05) is 11.1 Å². The third-order valence-electron chi connectivity index (χ3n) is 2.32. The molecule has 0 spiro atoms. The number of hydrogen-bond donors (Lipinski definition) is 3. The highest BCUT2D eigenvalue weighted by Gasteiger charge is 2.12. The Bertz CT molecular complexity index is 649. The molecule has 1 aromatic carbocycles. The molecule has 1 aromatic heterocycles. The summed E-state index contributed by atoms with van der Waals surface area (Å²) < 4.78 is 13.0. The molecule has 2 aromatic rings. The molecule has 0 atom stereocenters. The highest BCUT2D eigenvalue weighted by molar-refractivity contribution is 6.31. The molecule has 0 aliphatic rings. The fourth-order valence-corrected chi connectivity index (χ4v) is 1.63. The van der Waals surface area contributed by atoms with Crippen molar-refractivity contribution in [3.8, 4) is 0 Å². The van der Waals surface area contributed by atoms with E-state index in [4.69, 9.17) is 22.4 Å². The van der Waals surface area contributed by atoms with Crippen molar-refractivity contribution in [3.05, 3.63) is 46.9 Å². The van der Waals surface area contributed by atoms with E-state index in [1.54, 1.807) is 0 Å². The summed E-state index contributed by atoms with van der Waals surface area (Å²) in [6.45, 7) is 0. The molecule has 7 heteroatoms. The maximum atomic E-state index is 13.0. The van der Waals surface area contributed by atoms with Gasteiger partial charge >= 0.3 is 5.97 Å². The monoisotopic (exact) mass is 281 g/mol. The van der Waals surface area contributed by atoms with Crippen LogP contribution < -0.4 is 11.1 Å². The number of carboxylic acids is 1. The van der Waals surface area contributed by atoms with Gasteiger partial charge in [-0.05, 0) is 24.3 Å². The highest BCUT2D eigenvalue weighted by Crippen LogP contribution is 2.24. The number of benzene rings is 1. The van der Waals surface area contributed by atoms with Crippen LogP contribution >= 0.6 is 11.6 Å². The van der Waals surface area contributed by atoms with Gasteiger partial charge in [-0.3, -0.25) is 0 Å². The fourth-order valence-electron chi connectivity index (χ4n) is 1.45. The van der Waals surface area contributed by atoms with Crippen LogP contribution in [0.3, 0.4) is 0 Å². The number of hydrogen-bond acceptors (Lipinski definition) is 4. The smallest absolute Gasteiger partial charge is 0.339 e. The first-order chi connectivity index (χ1) is 8.97. The van der Waals surface area contributed by atoms with Crippen molar-refractivity contribution in [1.82, 2.24) is 4.98 Å². The number of carbonyl (C=O) groups is 1. The zero-order valence-corrected chi connectivity index (χ0v) is 10.3. The van der Waals surface area contributed by atoms with E-state index >= 15 is 0 Å². The van der Waals surface area contributed by atoms with E-state index in [0.717, 1.165) is 0 Å². The zero-order valence-electron chi connectivity index (χ0n) is 9.52. The summed E-state index contributed by atoms with van der Waals surface area (Å²) in [6.07, 6.45) is 1.32. The summed E-state index contributed by atoms with van der Waals surface area (Å²) in [5, 5.41) is 11.7. The van der Waals surface area contributed by atoms with Crippen LogP contribution in [0.2, 0.25) is 5.02 Å². The number of nitrogen functional groups attached to an aromatic ring is 1. The van der Waals surface area contributed by atoms with Crippen molar-refractivity contribution >= 4 is 34.8 Å². The number of rotatable bonds is 3. The second-order valence-corrected chi connectivity index (χ2v) is 4.13.